The Labute approximate surface area is 259 Å². The number of aromatic nitrogens is 1. The van der Waals surface area contributed by atoms with Gasteiger partial charge in [0.25, 0.3) is 11.8 Å². The first-order valence-corrected chi connectivity index (χ1v) is 16.1. The third-order valence-corrected chi connectivity index (χ3v) is 9.94. The Morgan fingerprint density at radius 2 is 1.86 bits per heavy atom. The van der Waals surface area contributed by atoms with Gasteiger partial charge in [-0.25, -0.2) is 8.42 Å². The van der Waals surface area contributed by atoms with E-state index in [9.17, 15) is 23.1 Å². The maximum absolute atomic E-state index is 13.3. The van der Waals surface area contributed by atoms with Crippen molar-refractivity contribution >= 4 is 62.2 Å². The lowest BCUT2D eigenvalue weighted by molar-refractivity contribution is -0.110. The molecule has 2 amide bonds. The molecule has 43 heavy (non-hydrogen) atoms. The SMILES string of the molecule is Cc1[nH]c(C=C2C(=O)Nc3ccc(S(=O)(=O)Cc4c(Cl)cccc4Cl)cc32)c(C)c1C(=O)NCC(O)CN1CCOCC1. The maximum atomic E-state index is 13.3. The first kappa shape index (κ1) is 31.2. The zero-order valence-electron chi connectivity index (χ0n) is 23.7. The summed E-state index contributed by atoms with van der Waals surface area (Å²) in [7, 11) is -3.86. The zero-order valence-corrected chi connectivity index (χ0v) is 26.0. The number of β-amino-alcohol motifs (C(OH)–C–C–N with tert-alkyl or cyclic N) is 1. The lowest BCUT2D eigenvalue weighted by Gasteiger charge is -2.28. The second-order valence-electron chi connectivity index (χ2n) is 10.6. The number of hydrogen-bond donors (Lipinski definition) is 4. The second-order valence-corrected chi connectivity index (χ2v) is 13.4. The van der Waals surface area contributed by atoms with Crippen LogP contribution >= 0.6 is 23.2 Å². The van der Waals surface area contributed by atoms with Crippen LogP contribution in [-0.4, -0.2) is 80.7 Å². The number of aliphatic hydroxyl groups excluding tert-OH is 1. The number of aliphatic hydroxyl groups is 1. The smallest absolute Gasteiger partial charge is 0.256 e. The fraction of sp³-hybridized carbons (Fsp3) is 0.333. The summed E-state index contributed by atoms with van der Waals surface area (Å²) in [4.78, 5) is 31.3. The maximum Gasteiger partial charge on any atom is 0.256 e. The van der Waals surface area contributed by atoms with Crippen molar-refractivity contribution in [2.45, 2.75) is 30.6 Å². The fourth-order valence-electron chi connectivity index (χ4n) is 5.30. The van der Waals surface area contributed by atoms with E-state index in [1.54, 1.807) is 44.2 Å². The van der Waals surface area contributed by atoms with Crippen LogP contribution in [-0.2, 0) is 25.1 Å². The van der Waals surface area contributed by atoms with Crippen molar-refractivity contribution in [3.05, 3.63) is 80.1 Å². The van der Waals surface area contributed by atoms with E-state index in [1.165, 1.54) is 12.1 Å². The van der Waals surface area contributed by atoms with E-state index in [-0.39, 0.29) is 33.0 Å². The third kappa shape index (κ3) is 6.82. The molecule has 1 atom stereocenters. The number of carbonyl (C=O) groups is 2. The minimum absolute atomic E-state index is 0.0136. The van der Waals surface area contributed by atoms with Crippen LogP contribution in [0, 0.1) is 13.8 Å². The number of aryl methyl sites for hydroxylation is 1. The first-order valence-electron chi connectivity index (χ1n) is 13.7. The number of ether oxygens (including phenoxy) is 1. The molecule has 10 nitrogen and oxygen atoms in total. The van der Waals surface area contributed by atoms with Gasteiger partial charge in [-0.15, -0.1) is 0 Å². The van der Waals surface area contributed by atoms with E-state index in [0.717, 1.165) is 13.1 Å². The summed E-state index contributed by atoms with van der Waals surface area (Å²) in [5.41, 5.74) is 3.59. The minimum Gasteiger partial charge on any atom is -0.390 e. The molecule has 3 heterocycles. The molecule has 228 valence electrons. The van der Waals surface area contributed by atoms with Crippen molar-refractivity contribution in [2.75, 3.05) is 44.7 Å². The fourth-order valence-corrected chi connectivity index (χ4v) is 7.42. The molecule has 0 saturated carbocycles. The molecule has 13 heteroatoms. The highest BCUT2D eigenvalue weighted by Crippen LogP contribution is 2.37. The Kier molecular flexibility index (Phi) is 9.31. The van der Waals surface area contributed by atoms with Crippen molar-refractivity contribution in [3.63, 3.8) is 0 Å². The van der Waals surface area contributed by atoms with Gasteiger partial charge in [0.15, 0.2) is 9.84 Å². The number of carbonyl (C=O) groups excluding carboxylic acids is 2. The van der Waals surface area contributed by atoms with Gasteiger partial charge in [0.1, 0.15) is 0 Å². The van der Waals surface area contributed by atoms with Crippen molar-refractivity contribution in [1.82, 2.24) is 15.2 Å². The highest BCUT2D eigenvalue weighted by atomic mass is 35.5. The molecule has 2 aliphatic heterocycles. The number of anilines is 1. The van der Waals surface area contributed by atoms with E-state index in [4.69, 9.17) is 27.9 Å². The number of hydrogen-bond acceptors (Lipinski definition) is 7. The predicted octanol–water partition coefficient (Wildman–Crippen LogP) is 3.83. The summed E-state index contributed by atoms with van der Waals surface area (Å²) >= 11 is 12.4. The number of rotatable bonds is 9. The molecular formula is C30H32Cl2N4O6S. The molecule has 1 aromatic heterocycles. The van der Waals surface area contributed by atoms with Gasteiger partial charge < -0.3 is 25.5 Å². The predicted molar refractivity (Wildman–Crippen MR) is 166 cm³/mol. The normalized spacial score (nSPS) is 17.1. The van der Waals surface area contributed by atoms with E-state index in [1.807, 2.05) is 0 Å². The van der Waals surface area contributed by atoms with Crippen LogP contribution in [0.1, 0.15) is 38.4 Å². The summed E-state index contributed by atoms with van der Waals surface area (Å²) in [5, 5.41) is 16.5. The van der Waals surface area contributed by atoms with Gasteiger partial charge in [-0.05, 0) is 55.8 Å². The van der Waals surface area contributed by atoms with Gasteiger partial charge in [-0.2, -0.15) is 0 Å². The number of amides is 2. The summed E-state index contributed by atoms with van der Waals surface area (Å²) in [6.45, 7) is 6.75. The lowest BCUT2D eigenvalue weighted by atomic mass is 10.0. The monoisotopic (exact) mass is 646 g/mol. The van der Waals surface area contributed by atoms with Gasteiger partial charge in [-0.3, -0.25) is 14.5 Å². The number of nitrogens with zero attached hydrogens (tertiary/aromatic N) is 1. The Morgan fingerprint density at radius 1 is 1.16 bits per heavy atom. The van der Waals surface area contributed by atoms with Crippen molar-refractivity contribution in [3.8, 4) is 0 Å². The number of halogens is 2. The van der Waals surface area contributed by atoms with Crippen LogP contribution in [0.5, 0.6) is 0 Å². The Bertz CT molecular complexity index is 1690. The van der Waals surface area contributed by atoms with Crippen molar-refractivity contribution in [2.24, 2.45) is 0 Å². The van der Waals surface area contributed by atoms with Gasteiger partial charge in [-0.1, -0.05) is 29.3 Å². The van der Waals surface area contributed by atoms with Gasteiger partial charge >= 0.3 is 0 Å². The number of morpholine rings is 1. The average molecular weight is 648 g/mol. The topological polar surface area (TPSA) is 141 Å². The van der Waals surface area contributed by atoms with Crippen LogP contribution in [0.4, 0.5) is 5.69 Å². The summed E-state index contributed by atoms with van der Waals surface area (Å²) in [6, 6.07) is 9.22. The molecule has 0 aliphatic carbocycles. The van der Waals surface area contributed by atoms with Gasteiger partial charge in [0.05, 0.1) is 41.1 Å². The van der Waals surface area contributed by atoms with E-state index >= 15 is 0 Å². The van der Waals surface area contributed by atoms with E-state index < -0.39 is 27.6 Å². The van der Waals surface area contributed by atoms with Crippen LogP contribution < -0.4 is 10.6 Å². The number of fused-ring (bicyclic) bond motifs is 1. The molecule has 0 radical (unpaired) electrons. The van der Waals surface area contributed by atoms with Crippen molar-refractivity contribution < 1.29 is 27.9 Å². The van der Waals surface area contributed by atoms with Gasteiger partial charge in [0.2, 0.25) is 0 Å². The molecule has 1 unspecified atom stereocenters. The largest absolute Gasteiger partial charge is 0.390 e. The van der Waals surface area contributed by atoms with Crippen molar-refractivity contribution in [1.29, 1.82) is 0 Å². The molecular weight excluding hydrogens is 615 g/mol. The molecule has 5 rings (SSSR count). The van der Waals surface area contributed by atoms with Crippen LogP contribution in [0.2, 0.25) is 10.0 Å². The molecule has 0 bridgehead atoms. The number of sulfone groups is 1. The van der Waals surface area contributed by atoms with Crippen LogP contribution in [0.25, 0.3) is 11.6 Å². The molecule has 1 saturated heterocycles. The number of H-pyrrole nitrogens is 1. The molecule has 2 aromatic carbocycles. The number of benzene rings is 2. The quantitative estimate of drug-likeness (QED) is 0.259. The highest BCUT2D eigenvalue weighted by molar-refractivity contribution is 7.90. The van der Waals surface area contributed by atoms with Crippen LogP contribution in [0.3, 0.4) is 0 Å². The molecule has 4 N–H and O–H groups in total. The summed E-state index contributed by atoms with van der Waals surface area (Å²) < 4.78 is 32.0. The molecule has 1 fully saturated rings. The number of nitrogens with one attached hydrogen (secondary N) is 3. The Hall–Kier alpha value is -3.19. The number of aromatic amines is 1. The lowest BCUT2D eigenvalue weighted by Crippen LogP contribution is -2.44. The summed E-state index contributed by atoms with van der Waals surface area (Å²) in [5.74, 6) is -1.15. The molecule has 0 spiro atoms. The second kappa shape index (κ2) is 12.8. The highest BCUT2D eigenvalue weighted by Gasteiger charge is 2.29. The standard InChI is InChI=1S/C30H32Cl2N4O6S/c1-17-27(34-18(2)28(17)30(39)33-14-19(37)15-36-8-10-42-11-9-36)13-22-21-12-20(6-7-26(21)35-29(22)38)43(40,41)16-23-24(31)4-3-5-25(23)32/h3-7,12-13,19,34,37H,8-11,14-16H2,1-2H3,(H,33,39)(H,35,38). The Morgan fingerprint density at radius 3 is 2.56 bits per heavy atom. The van der Waals surface area contributed by atoms with Gasteiger partial charge in [0, 0.05) is 64.4 Å². The van der Waals surface area contributed by atoms with E-state index in [0.29, 0.717) is 59.1 Å². The van der Waals surface area contributed by atoms with E-state index in [2.05, 4.69) is 20.5 Å². The average Bonchev–Trinajstić information content (AvgIpc) is 3.43. The molecule has 2 aliphatic rings. The first-order chi connectivity index (χ1) is 20.4. The molecule has 3 aromatic rings. The van der Waals surface area contributed by atoms with Crippen LogP contribution in [0.15, 0.2) is 41.3 Å². The zero-order chi connectivity index (χ0) is 30.9. The summed E-state index contributed by atoms with van der Waals surface area (Å²) in [6.07, 6.45) is 0.871. The Balaban J connectivity index is 1.36. The minimum atomic E-state index is -3.86. The third-order valence-electron chi connectivity index (χ3n) is 7.59.